The highest BCUT2D eigenvalue weighted by molar-refractivity contribution is 8.03. The summed E-state index contributed by atoms with van der Waals surface area (Å²) in [6, 6.07) is 16.5. The third kappa shape index (κ3) is 3.25. The molecule has 0 saturated heterocycles. The lowest BCUT2D eigenvalue weighted by Gasteiger charge is -2.30. The van der Waals surface area contributed by atoms with Gasteiger partial charge in [0, 0.05) is 12.7 Å². The van der Waals surface area contributed by atoms with Crippen LogP contribution in [0.1, 0.15) is 6.92 Å². The number of hydrogen-bond acceptors (Lipinski definition) is 4. The SMILES string of the molecule is CCS/C(=C1\Oc2ccccc2N(C)C1=O)N(C=O)c1ccccc1. The van der Waals surface area contributed by atoms with E-state index in [1.165, 1.54) is 16.7 Å². The molecule has 2 amide bonds. The lowest BCUT2D eigenvalue weighted by molar-refractivity contribution is -0.117. The predicted molar refractivity (Wildman–Crippen MR) is 101 cm³/mol. The van der Waals surface area contributed by atoms with Gasteiger partial charge in [0.1, 0.15) is 5.03 Å². The molecule has 25 heavy (non-hydrogen) atoms. The Morgan fingerprint density at radius 1 is 1.16 bits per heavy atom. The van der Waals surface area contributed by atoms with Crippen LogP contribution < -0.4 is 14.5 Å². The zero-order valence-corrected chi connectivity index (χ0v) is 14.8. The van der Waals surface area contributed by atoms with Gasteiger partial charge in [-0.05, 0) is 30.0 Å². The standard InChI is InChI=1S/C19H18N2O3S/c1-3-25-19(21(13-22)14-9-5-4-6-10-14)17-18(23)20(2)15-11-7-8-12-16(15)24-17/h4-13H,3H2,1-2H3/b19-17-. The number of hydrogen-bond donors (Lipinski definition) is 0. The molecule has 0 aromatic heterocycles. The minimum Gasteiger partial charge on any atom is -0.447 e. The summed E-state index contributed by atoms with van der Waals surface area (Å²) in [6.45, 7) is 1.96. The number of rotatable bonds is 5. The Hall–Kier alpha value is -2.73. The number of anilines is 2. The summed E-state index contributed by atoms with van der Waals surface area (Å²) in [5.74, 6) is 1.16. The number of likely N-dealkylation sites (N-methyl/N-ethyl adjacent to an activating group) is 1. The van der Waals surface area contributed by atoms with Crippen molar-refractivity contribution in [3.8, 4) is 5.75 Å². The van der Waals surface area contributed by atoms with E-state index < -0.39 is 0 Å². The molecule has 3 rings (SSSR count). The molecule has 2 aromatic rings. The van der Waals surface area contributed by atoms with Crippen LogP contribution in [0.25, 0.3) is 0 Å². The van der Waals surface area contributed by atoms with Crippen molar-refractivity contribution in [2.75, 3.05) is 22.6 Å². The number of nitrogens with zero attached hydrogens (tertiary/aromatic N) is 2. The van der Waals surface area contributed by atoms with E-state index in [0.717, 1.165) is 0 Å². The first-order chi connectivity index (χ1) is 12.2. The second-order valence-electron chi connectivity index (χ2n) is 5.31. The molecule has 0 fully saturated rings. The Labute approximate surface area is 150 Å². The first-order valence-electron chi connectivity index (χ1n) is 7.89. The molecule has 1 aliphatic heterocycles. The number of fused-ring (bicyclic) bond motifs is 1. The molecule has 1 aliphatic rings. The van der Waals surface area contributed by atoms with Gasteiger partial charge in [0.25, 0.3) is 5.91 Å². The molecule has 0 bridgehead atoms. The number of ether oxygens (including phenoxy) is 1. The van der Waals surface area contributed by atoms with Gasteiger partial charge in [-0.3, -0.25) is 14.5 Å². The van der Waals surface area contributed by atoms with E-state index in [-0.39, 0.29) is 11.7 Å². The van der Waals surface area contributed by atoms with Crippen molar-refractivity contribution in [1.29, 1.82) is 0 Å². The summed E-state index contributed by atoms with van der Waals surface area (Å²) in [5.41, 5.74) is 1.38. The number of benzene rings is 2. The average Bonchev–Trinajstić information content (AvgIpc) is 2.65. The number of para-hydroxylation sites is 3. The lowest BCUT2D eigenvalue weighted by Crippen LogP contribution is -2.37. The first-order valence-corrected chi connectivity index (χ1v) is 8.87. The van der Waals surface area contributed by atoms with Crippen LogP contribution in [0.2, 0.25) is 0 Å². The van der Waals surface area contributed by atoms with Gasteiger partial charge in [-0.2, -0.15) is 0 Å². The fourth-order valence-electron chi connectivity index (χ4n) is 2.57. The molecule has 128 valence electrons. The molecule has 0 atom stereocenters. The van der Waals surface area contributed by atoms with Gasteiger partial charge in [-0.1, -0.05) is 37.3 Å². The summed E-state index contributed by atoms with van der Waals surface area (Å²) < 4.78 is 5.90. The van der Waals surface area contributed by atoms with E-state index in [2.05, 4.69) is 0 Å². The largest absolute Gasteiger partial charge is 0.447 e. The van der Waals surface area contributed by atoms with Crippen LogP contribution in [-0.4, -0.2) is 25.1 Å². The quantitative estimate of drug-likeness (QED) is 0.608. The van der Waals surface area contributed by atoms with Gasteiger partial charge in [0.15, 0.2) is 5.75 Å². The molecule has 5 nitrogen and oxygen atoms in total. The maximum atomic E-state index is 12.8. The Balaban J connectivity index is 2.12. The average molecular weight is 354 g/mol. The summed E-state index contributed by atoms with van der Waals surface area (Å²) >= 11 is 1.39. The van der Waals surface area contributed by atoms with Gasteiger partial charge < -0.3 is 9.64 Å². The van der Waals surface area contributed by atoms with Crippen LogP contribution >= 0.6 is 11.8 Å². The number of carbonyl (C=O) groups excluding carboxylic acids is 2. The normalized spacial score (nSPS) is 15.3. The molecule has 0 aliphatic carbocycles. The van der Waals surface area contributed by atoms with E-state index in [4.69, 9.17) is 4.74 Å². The first kappa shape index (κ1) is 17.1. The van der Waals surface area contributed by atoms with Crippen LogP contribution in [-0.2, 0) is 9.59 Å². The third-order valence-electron chi connectivity index (χ3n) is 3.77. The van der Waals surface area contributed by atoms with Gasteiger partial charge in [-0.25, -0.2) is 0 Å². The zero-order chi connectivity index (χ0) is 17.8. The Kier molecular flexibility index (Phi) is 5.09. The predicted octanol–water partition coefficient (Wildman–Crippen LogP) is 3.63. The van der Waals surface area contributed by atoms with Gasteiger partial charge in [0.05, 0.1) is 5.69 Å². The molecule has 0 saturated carbocycles. The minimum atomic E-state index is -0.280. The number of thioether (sulfide) groups is 1. The summed E-state index contributed by atoms with van der Waals surface area (Å²) in [6.07, 6.45) is 0.706. The van der Waals surface area contributed by atoms with E-state index in [9.17, 15) is 9.59 Å². The summed E-state index contributed by atoms with van der Waals surface area (Å²) in [7, 11) is 1.70. The van der Waals surface area contributed by atoms with Crippen molar-refractivity contribution < 1.29 is 14.3 Å². The van der Waals surface area contributed by atoms with Crippen molar-refractivity contribution in [2.45, 2.75) is 6.92 Å². The van der Waals surface area contributed by atoms with Crippen molar-refractivity contribution >= 4 is 35.5 Å². The molecule has 0 N–H and O–H groups in total. The highest BCUT2D eigenvalue weighted by Gasteiger charge is 2.32. The fraction of sp³-hybridized carbons (Fsp3) is 0.158. The van der Waals surface area contributed by atoms with Crippen molar-refractivity contribution in [1.82, 2.24) is 0 Å². The van der Waals surface area contributed by atoms with E-state index in [1.54, 1.807) is 18.0 Å². The molecular formula is C19H18N2O3S. The summed E-state index contributed by atoms with van der Waals surface area (Å²) in [4.78, 5) is 27.6. The van der Waals surface area contributed by atoms with Crippen molar-refractivity contribution in [3.05, 3.63) is 65.4 Å². The Morgan fingerprint density at radius 3 is 2.52 bits per heavy atom. The molecule has 6 heteroatoms. The number of carbonyl (C=O) groups is 2. The fourth-order valence-corrected chi connectivity index (χ4v) is 3.39. The van der Waals surface area contributed by atoms with Crippen LogP contribution in [0.3, 0.4) is 0 Å². The molecule has 1 heterocycles. The smallest absolute Gasteiger partial charge is 0.296 e. The monoisotopic (exact) mass is 354 g/mol. The number of amides is 2. The minimum absolute atomic E-state index is 0.156. The molecule has 2 aromatic carbocycles. The van der Waals surface area contributed by atoms with Crippen molar-refractivity contribution in [2.24, 2.45) is 0 Å². The molecule has 0 radical (unpaired) electrons. The molecular weight excluding hydrogens is 336 g/mol. The highest BCUT2D eigenvalue weighted by Crippen LogP contribution is 2.38. The van der Waals surface area contributed by atoms with Crippen LogP contribution in [0.5, 0.6) is 5.75 Å². The van der Waals surface area contributed by atoms with Crippen molar-refractivity contribution in [3.63, 3.8) is 0 Å². The Morgan fingerprint density at radius 2 is 1.84 bits per heavy atom. The Bertz CT molecular complexity index is 820. The third-order valence-corrected chi connectivity index (χ3v) is 4.72. The summed E-state index contributed by atoms with van der Waals surface area (Å²) in [5, 5.41) is 0.482. The second kappa shape index (κ2) is 7.44. The molecule has 0 unspecified atom stereocenters. The maximum absolute atomic E-state index is 12.8. The zero-order valence-electron chi connectivity index (χ0n) is 14.0. The van der Waals surface area contributed by atoms with Crippen LogP contribution in [0.15, 0.2) is 65.4 Å². The second-order valence-corrected chi connectivity index (χ2v) is 6.56. The molecule has 0 spiro atoms. The van der Waals surface area contributed by atoms with Gasteiger partial charge in [0.2, 0.25) is 12.2 Å². The highest BCUT2D eigenvalue weighted by atomic mass is 32.2. The maximum Gasteiger partial charge on any atom is 0.296 e. The van der Waals surface area contributed by atoms with Crippen LogP contribution in [0, 0.1) is 0 Å². The van der Waals surface area contributed by atoms with Gasteiger partial charge in [-0.15, -0.1) is 11.8 Å². The lowest BCUT2D eigenvalue weighted by atomic mass is 10.2. The van der Waals surface area contributed by atoms with E-state index in [1.807, 2.05) is 55.5 Å². The van der Waals surface area contributed by atoms with E-state index in [0.29, 0.717) is 34.3 Å². The topological polar surface area (TPSA) is 49.9 Å². The van der Waals surface area contributed by atoms with Gasteiger partial charge >= 0.3 is 0 Å². The van der Waals surface area contributed by atoms with Crippen LogP contribution in [0.4, 0.5) is 11.4 Å². The van der Waals surface area contributed by atoms with E-state index >= 15 is 0 Å².